The lowest BCUT2D eigenvalue weighted by atomic mass is 9.98. The summed E-state index contributed by atoms with van der Waals surface area (Å²) in [5.41, 5.74) is 5.15. The quantitative estimate of drug-likeness (QED) is 0.0983. The van der Waals surface area contributed by atoms with Gasteiger partial charge in [-0.3, -0.25) is 9.58 Å². The Morgan fingerprint density at radius 3 is 2.53 bits per heavy atom. The molecule has 0 spiro atoms. The van der Waals surface area contributed by atoms with Crippen LogP contribution in [0.4, 0.5) is 9.18 Å². The van der Waals surface area contributed by atoms with Gasteiger partial charge in [-0.2, -0.15) is 5.10 Å². The number of ether oxygens (including phenoxy) is 4. The third kappa shape index (κ3) is 8.17. The molecule has 0 aliphatic carbocycles. The van der Waals surface area contributed by atoms with Gasteiger partial charge in [-0.25, -0.2) is 14.0 Å². The van der Waals surface area contributed by atoms with Crippen LogP contribution in [-0.2, 0) is 40.3 Å². The first kappa shape index (κ1) is 38.6. The standard InChI is InChI=1S/C42H49ClFN5O6/c1-6-53-40(50)39-31(10-8-23-54-35-11-7-9-28-25-29(44)12-13-30(28)35)32-14-15-33(43)37(36-27(2)45-49-22-24-52-26-34(36)49)38(32)48(39)21-18-46-16-19-47(20-17-46)41(51)55-42(3,4)5/h7,9,11-15,25H,6,8,10,16-24,26H2,1-5H3. The van der Waals surface area contributed by atoms with Gasteiger partial charge in [-0.05, 0) is 88.7 Å². The third-order valence-corrected chi connectivity index (χ3v) is 10.5. The molecule has 5 aromatic rings. The minimum Gasteiger partial charge on any atom is -0.493 e. The van der Waals surface area contributed by atoms with Crippen molar-refractivity contribution in [2.75, 3.05) is 52.5 Å². The van der Waals surface area contributed by atoms with Crippen molar-refractivity contribution in [2.45, 2.75) is 72.8 Å². The molecule has 7 rings (SSSR count). The summed E-state index contributed by atoms with van der Waals surface area (Å²) in [7, 11) is 0. The molecule has 0 N–H and O–H groups in total. The van der Waals surface area contributed by atoms with E-state index >= 15 is 0 Å². The molecule has 55 heavy (non-hydrogen) atoms. The molecule has 1 amide bonds. The van der Waals surface area contributed by atoms with Crippen LogP contribution >= 0.6 is 11.6 Å². The lowest BCUT2D eigenvalue weighted by Gasteiger charge is -2.35. The Morgan fingerprint density at radius 1 is 0.982 bits per heavy atom. The van der Waals surface area contributed by atoms with E-state index in [1.807, 2.05) is 69.6 Å². The van der Waals surface area contributed by atoms with Crippen molar-refractivity contribution >= 4 is 45.3 Å². The number of aryl methyl sites for hydroxylation is 2. The largest absolute Gasteiger partial charge is 0.493 e. The van der Waals surface area contributed by atoms with E-state index in [0.717, 1.165) is 49.8 Å². The molecule has 0 bridgehead atoms. The minimum atomic E-state index is -0.563. The predicted molar refractivity (Wildman–Crippen MR) is 210 cm³/mol. The highest BCUT2D eigenvalue weighted by Gasteiger charge is 2.31. The number of amides is 1. The van der Waals surface area contributed by atoms with Crippen molar-refractivity contribution in [3.05, 3.63) is 82.0 Å². The van der Waals surface area contributed by atoms with Gasteiger partial charge in [-0.15, -0.1) is 0 Å². The Morgan fingerprint density at radius 2 is 1.76 bits per heavy atom. The van der Waals surface area contributed by atoms with E-state index in [1.54, 1.807) is 11.0 Å². The van der Waals surface area contributed by atoms with Crippen LogP contribution in [0.2, 0.25) is 5.02 Å². The van der Waals surface area contributed by atoms with Crippen LogP contribution in [0.1, 0.15) is 61.6 Å². The number of piperazine rings is 1. The Balaban J connectivity index is 1.24. The van der Waals surface area contributed by atoms with Crippen molar-refractivity contribution in [3.63, 3.8) is 0 Å². The summed E-state index contributed by atoms with van der Waals surface area (Å²) in [5.74, 6) is -0.0240. The van der Waals surface area contributed by atoms with E-state index < -0.39 is 11.6 Å². The summed E-state index contributed by atoms with van der Waals surface area (Å²) in [6.07, 6.45) is 0.823. The van der Waals surface area contributed by atoms with Gasteiger partial charge in [0.1, 0.15) is 22.9 Å². The number of carbonyl (C=O) groups is 2. The second-order valence-electron chi connectivity index (χ2n) is 15.1. The molecule has 0 saturated carbocycles. The Labute approximate surface area is 325 Å². The first-order chi connectivity index (χ1) is 26.4. The van der Waals surface area contributed by atoms with Gasteiger partial charge in [0, 0.05) is 61.2 Å². The lowest BCUT2D eigenvalue weighted by Crippen LogP contribution is -2.50. The van der Waals surface area contributed by atoms with E-state index in [1.165, 1.54) is 12.1 Å². The van der Waals surface area contributed by atoms with Crippen LogP contribution in [0.25, 0.3) is 32.8 Å². The van der Waals surface area contributed by atoms with Crippen LogP contribution < -0.4 is 4.74 Å². The Bertz CT molecular complexity index is 2220. The molecule has 0 unspecified atom stereocenters. The van der Waals surface area contributed by atoms with Gasteiger partial charge in [0.05, 0.1) is 54.9 Å². The second kappa shape index (κ2) is 16.2. The SMILES string of the molecule is CCOC(=O)c1c(CCCOc2cccc3cc(F)ccc23)c2ccc(Cl)c(-c3c(C)nn4c3COCC4)c2n1CCN1CCN(C(=O)OC(C)(C)C)CC1. The number of hydrogen-bond donors (Lipinski definition) is 0. The van der Waals surface area contributed by atoms with Gasteiger partial charge in [0.15, 0.2) is 0 Å². The number of hydrogen-bond acceptors (Lipinski definition) is 8. The zero-order valence-electron chi connectivity index (χ0n) is 32.3. The summed E-state index contributed by atoms with van der Waals surface area (Å²) in [4.78, 5) is 30.9. The van der Waals surface area contributed by atoms with Crippen LogP contribution in [0, 0.1) is 12.7 Å². The molecular weight excluding hydrogens is 725 g/mol. The average Bonchev–Trinajstić information content (AvgIpc) is 3.65. The fourth-order valence-electron chi connectivity index (χ4n) is 7.75. The van der Waals surface area contributed by atoms with Crippen molar-refractivity contribution in [1.29, 1.82) is 0 Å². The Hall–Kier alpha value is -4.65. The maximum atomic E-state index is 14.1. The van der Waals surface area contributed by atoms with E-state index in [2.05, 4.69) is 9.47 Å². The van der Waals surface area contributed by atoms with Crippen LogP contribution in [-0.4, -0.2) is 94.4 Å². The number of nitrogens with zero attached hydrogens (tertiary/aromatic N) is 5. The first-order valence-corrected chi connectivity index (χ1v) is 19.5. The zero-order chi connectivity index (χ0) is 38.9. The molecule has 292 valence electrons. The summed E-state index contributed by atoms with van der Waals surface area (Å²) in [6.45, 7) is 15.2. The number of carbonyl (C=O) groups excluding carboxylic acids is 2. The third-order valence-electron chi connectivity index (χ3n) is 10.2. The van der Waals surface area contributed by atoms with E-state index in [0.29, 0.717) is 94.9 Å². The number of benzene rings is 3. The van der Waals surface area contributed by atoms with Gasteiger partial charge in [0.25, 0.3) is 0 Å². The smallest absolute Gasteiger partial charge is 0.410 e. The number of aromatic nitrogens is 3. The van der Waals surface area contributed by atoms with E-state index in [-0.39, 0.29) is 18.5 Å². The summed E-state index contributed by atoms with van der Waals surface area (Å²) in [6, 6.07) is 14.2. The van der Waals surface area contributed by atoms with E-state index in [9.17, 15) is 14.0 Å². The summed E-state index contributed by atoms with van der Waals surface area (Å²) in [5, 5.41) is 7.94. The highest BCUT2D eigenvalue weighted by molar-refractivity contribution is 6.35. The predicted octanol–water partition coefficient (Wildman–Crippen LogP) is 8.03. The van der Waals surface area contributed by atoms with E-state index in [4.69, 9.17) is 35.6 Å². The fraction of sp³-hybridized carbons (Fsp3) is 0.452. The van der Waals surface area contributed by atoms with Crippen LogP contribution in [0.15, 0.2) is 48.5 Å². The summed E-state index contributed by atoms with van der Waals surface area (Å²) < 4.78 is 41.6. The number of fused-ring (bicyclic) bond motifs is 3. The molecule has 1 saturated heterocycles. The molecule has 1 fully saturated rings. The van der Waals surface area contributed by atoms with Gasteiger partial charge >= 0.3 is 12.1 Å². The topological polar surface area (TPSA) is 100 Å². The van der Waals surface area contributed by atoms with Crippen LogP contribution in [0.5, 0.6) is 5.75 Å². The highest BCUT2D eigenvalue weighted by atomic mass is 35.5. The lowest BCUT2D eigenvalue weighted by molar-refractivity contribution is 0.0142. The maximum absolute atomic E-state index is 14.1. The molecule has 0 atom stereocenters. The monoisotopic (exact) mass is 773 g/mol. The van der Waals surface area contributed by atoms with Crippen molar-refractivity contribution in [3.8, 4) is 16.9 Å². The van der Waals surface area contributed by atoms with Crippen molar-refractivity contribution in [1.82, 2.24) is 24.1 Å². The average molecular weight is 774 g/mol. The number of rotatable bonds is 11. The summed E-state index contributed by atoms with van der Waals surface area (Å²) >= 11 is 7.17. The van der Waals surface area contributed by atoms with Gasteiger partial charge in [-0.1, -0.05) is 29.8 Å². The van der Waals surface area contributed by atoms with Gasteiger partial charge in [0.2, 0.25) is 0 Å². The molecular formula is C42H49ClFN5O6. The molecule has 4 heterocycles. The number of halogens is 2. The molecule has 11 nitrogen and oxygen atoms in total. The molecule has 3 aromatic carbocycles. The van der Waals surface area contributed by atoms with Crippen LogP contribution in [0.3, 0.4) is 0 Å². The molecule has 2 aliphatic heterocycles. The number of esters is 1. The Kier molecular flexibility index (Phi) is 11.4. The molecule has 13 heteroatoms. The van der Waals surface area contributed by atoms with Gasteiger partial charge < -0.3 is 28.4 Å². The van der Waals surface area contributed by atoms with Crippen molar-refractivity contribution in [2.24, 2.45) is 0 Å². The normalized spacial score (nSPS) is 15.1. The molecule has 2 aliphatic rings. The first-order valence-electron chi connectivity index (χ1n) is 19.1. The zero-order valence-corrected chi connectivity index (χ0v) is 33.0. The maximum Gasteiger partial charge on any atom is 0.410 e. The fourth-order valence-corrected chi connectivity index (χ4v) is 8.00. The second-order valence-corrected chi connectivity index (χ2v) is 15.5. The molecule has 0 radical (unpaired) electrons. The molecule has 2 aromatic heterocycles. The highest BCUT2D eigenvalue weighted by Crippen LogP contribution is 2.43. The minimum absolute atomic E-state index is 0.220. The van der Waals surface area contributed by atoms with Crippen molar-refractivity contribution < 1.29 is 32.9 Å².